The summed E-state index contributed by atoms with van der Waals surface area (Å²) in [5.74, 6) is 0. The highest BCUT2D eigenvalue weighted by Gasteiger charge is 2.22. The Balaban J connectivity index is 1.32. The fourth-order valence-corrected chi connectivity index (χ4v) is 9.53. The third-order valence-corrected chi connectivity index (χ3v) is 11.5. The first-order chi connectivity index (χ1) is 24.8. The molecule has 0 radical (unpaired) electrons. The summed E-state index contributed by atoms with van der Waals surface area (Å²) in [5.41, 5.74) is 5.13. The van der Waals surface area contributed by atoms with Crippen molar-refractivity contribution in [2.75, 3.05) is 0 Å². The molecule has 0 spiro atoms. The molecule has 50 heavy (non-hydrogen) atoms. The second-order valence-corrected chi connectivity index (χ2v) is 13.9. The zero-order valence-electron chi connectivity index (χ0n) is 27.2. The highest BCUT2D eigenvalue weighted by Crippen LogP contribution is 2.50. The van der Waals surface area contributed by atoms with Gasteiger partial charge in [-0.2, -0.15) is 0 Å². The molecule has 0 saturated carbocycles. The first kappa shape index (κ1) is 26.5. The van der Waals surface area contributed by atoms with E-state index in [1.807, 2.05) is 0 Å². The van der Waals surface area contributed by atoms with E-state index in [-0.39, 0.29) is 0 Å². The van der Waals surface area contributed by atoms with Crippen molar-refractivity contribution in [3.63, 3.8) is 0 Å². The van der Waals surface area contributed by atoms with Gasteiger partial charge in [0.05, 0.1) is 0 Å². The number of fused-ring (bicyclic) bond motifs is 5. The SMILES string of the molecule is c1ccc2c(-c3ccc4cccc5c6cccc7cccc(c3c45)c76)c(-c3ccc4cccc5c6cccc7cccc(c3c45)c76)ccc2c1. The molecule has 0 unspecified atom stereocenters. The summed E-state index contributed by atoms with van der Waals surface area (Å²) in [6.07, 6.45) is 0. The van der Waals surface area contributed by atoms with Crippen molar-refractivity contribution in [3.8, 4) is 22.3 Å². The lowest BCUT2D eigenvalue weighted by molar-refractivity contribution is 1.67. The number of hydrogen-bond donors (Lipinski definition) is 0. The quantitative estimate of drug-likeness (QED) is 0.132. The highest BCUT2D eigenvalue weighted by molar-refractivity contribution is 6.38. The van der Waals surface area contributed by atoms with E-state index in [0.29, 0.717) is 0 Å². The Bertz CT molecular complexity index is 3350. The van der Waals surface area contributed by atoms with Gasteiger partial charge in [-0.15, -0.1) is 0 Å². The first-order valence-electron chi connectivity index (χ1n) is 17.5. The van der Waals surface area contributed by atoms with Gasteiger partial charge in [0.25, 0.3) is 0 Å². The van der Waals surface area contributed by atoms with Gasteiger partial charge >= 0.3 is 0 Å². The van der Waals surface area contributed by atoms with E-state index in [1.165, 1.54) is 119 Å². The maximum Gasteiger partial charge on any atom is -0.00137 e. The van der Waals surface area contributed by atoms with Gasteiger partial charge in [-0.25, -0.2) is 0 Å². The maximum absolute atomic E-state index is 2.40. The topological polar surface area (TPSA) is 0 Å². The molecule has 0 heterocycles. The van der Waals surface area contributed by atoms with Crippen LogP contribution >= 0.6 is 0 Å². The van der Waals surface area contributed by atoms with Gasteiger partial charge in [-0.3, -0.25) is 0 Å². The van der Waals surface area contributed by atoms with Crippen molar-refractivity contribution in [3.05, 3.63) is 170 Å². The summed E-state index contributed by atoms with van der Waals surface area (Å²) < 4.78 is 0. The van der Waals surface area contributed by atoms with E-state index < -0.39 is 0 Å². The summed E-state index contributed by atoms with van der Waals surface area (Å²) in [7, 11) is 0. The molecule has 0 N–H and O–H groups in total. The number of hydrogen-bond acceptors (Lipinski definition) is 0. The Kier molecular flexibility index (Phi) is 5.06. The molecular weight excluding hydrogens is 601 g/mol. The minimum absolute atomic E-state index is 1.25. The second-order valence-electron chi connectivity index (χ2n) is 13.9. The van der Waals surface area contributed by atoms with Crippen LogP contribution < -0.4 is 0 Å². The van der Waals surface area contributed by atoms with Crippen LogP contribution in [0.2, 0.25) is 0 Å². The van der Waals surface area contributed by atoms with Gasteiger partial charge in [0, 0.05) is 0 Å². The number of benzene rings is 12. The Hall–Kier alpha value is -6.50. The van der Waals surface area contributed by atoms with Crippen LogP contribution in [-0.2, 0) is 0 Å². The zero-order chi connectivity index (χ0) is 32.5. The fraction of sp³-hybridized carbons (Fsp3) is 0. The van der Waals surface area contributed by atoms with Crippen LogP contribution in [0.15, 0.2) is 170 Å². The van der Waals surface area contributed by atoms with Crippen molar-refractivity contribution >= 4 is 97.0 Å². The molecule has 0 heteroatoms. The Morgan fingerprint density at radius 2 is 0.540 bits per heavy atom. The van der Waals surface area contributed by atoms with Gasteiger partial charge in [-0.1, -0.05) is 170 Å². The maximum atomic E-state index is 2.40. The Morgan fingerprint density at radius 1 is 0.180 bits per heavy atom. The normalized spacial score (nSPS) is 12.4. The van der Waals surface area contributed by atoms with Gasteiger partial charge in [-0.05, 0) is 119 Å². The molecule has 0 aliphatic heterocycles. The minimum atomic E-state index is 1.25. The van der Waals surface area contributed by atoms with Crippen LogP contribution in [0, 0.1) is 0 Å². The second kappa shape index (κ2) is 9.56. The Labute approximate surface area is 288 Å². The van der Waals surface area contributed by atoms with E-state index in [9.17, 15) is 0 Å². The van der Waals surface area contributed by atoms with E-state index in [4.69, 9.17) is 0 Å². The van der Waals surface area contributed by atoms with E-state index in [0.717, 1.165) is 0 Å². The van der Waals surface area contributed by atoms with Crippen LogP contribution in [0.3, 0.4) is 0 Å². The number of rotatable bonds is 2. The van der Waals surface area contributed by atoms with Gasteiger partial charge < -0.3 is 0 Å². The van der Waals surface area contributed by atoms with Crippen molar-refractivity contribution < 1.29 is 0 Å². The smallest absolute Gasteiger partial charge is 0.00137 e. The van der Waals surface area contributed by atoms with E-state index >= 15 is 0 Å². The zero-order valence-corrected chi connectivity index (χ0v) is 27.2. The van der Waals surface area contributed by atoms with Gasteiger partial charge in [0.1, 0.15) is 0 Å². The molecule has 0 amide bonds. The summed E-state index contributed by atoms with van der Waals surface area (Å²) in [6, 6.07) is 63.9. The summed E-state index contributed by atoms with van der Waals surface area (Å²) in [6.45, 7) is 0. The lowest BCUT2D eigenvalue weighted by atomic mass is 9.81. The molecule has 12 aromatic rings. The molecule has 0 fully saturated rings. The van der Waals surface area contributed by atoms with Gasteiger partial charge in [0.15, 0.2) is 0 Å². The standard InChI is InChI=1S/C50H28/c1-2-16-34-29(9-1)23-26-39(40-27-24-32-14-5-19-37-35-17-3-10-30-12-7-21-41(44(30)35)49(40)46(32)37)48(34)43-28-25-33-15-6-20-38-36-18-4-11-31-13-8-22-42(45(31)36)50(43)47(33)38/h1-28H. The van der Waals surface area contributed by atoms with Crippen LogP contribution in [0.1, 0.15) is 0 Å². The first-order valence-corrected chi connectivity index (χ1v) is 17.5. The van der Waals surface area contributed by atoms with Crippen LogP contribution in [0.5, 0.6) is 0 Å². The average Bonchev–Trinajstić information content (AvgIpc) is 3.18. The lowest BCUT2D eigenvalue weighted by Gasteiger charge is -2.22. The lowest BCUT2D eigenvalue weighted by Crippen LogP contribution is -1.94. The van der Waals surface area contributed by atoms with Crippen molar-refractivity contribution in [2.24, 2.45) is 0 Å². The fourth-order valence-electron chi connectivity index (χ4n) is 9.53. The largest absolute Gasteiger partial charge is 0.0616 e. The molecule has 0 atom stereocenters. The van der Waals surface area contributed by atoms with E-state index in [2.05, 4.69) is 170 Å². The third kappa shape index (κ3) is 3.31. The molecular formula is C50H28. The average molecular weight is 629 g/mol. The van der Waals surface area contributed by atoms with Crippen molar-refractivity contribution in [1.82, 2.24) is 0 Å². The molecule has 0 aliphatic rings. The molecule has 0 saturated heterocycles. The predicted octanol–water partition coefficient (Wildman–Crippen LogP) is 14.3. The van der Waals surface area contributed by atoms with E-state index in [1.54, 1.807) is 0 Å². The summed E-state index contributed by atoms with van der Waals surface area (Å²) in [4.78, 5) is 0. The molecule has 0 aromatic heterocycles. The van der Waals surface area contributed by atoms with Crippen molar-refractivity contribution in [1.29, 1.82) is 0 Å². The predicted molar refractivity (Wildman–Crippen MR) is 217 cm³/mol. The highest BCUT2D eigenvalue weighted by atomic mass is 14.3. The van der Waals surface area contributed by atoms with Crippen LogP contribution in [0.25, 0.3) is 119 Å². The molecule has 0 bridgehead atoms. The van der Waals surface area contributed by atoms with Gasteiger partial charge in [0.2, 0.25) is 0 Å². The molecule has 0 aliphatic carbocycles. The summed E-state index contributed by atoms with van der Waals surface area (Å²) in [5, 5.41) is 23.6. The summed E-state index contributed by atoms with van der Waals surface area (Å²) >= 11 is 0. The van der Waals surface area contributed by atoms with Crippen LogP contribution in [0.4, 0.5) is 0 Å². The van der Waals surface area contributed by atoms with Crippen LogP contribution in [-0.4, -0.2) is 0 Å². The Morgan fingerprint density at radius 3 is 1.10 bits per heavy atom. The van der Waals surface area contributed by atoms with Crippen molar-refractivity contribution in [2.45, 2.75) is 0 Å². The monoisotopic (exact) mass is 628 g/mol. The minimum Gasteiger partial charge on any atom is -0.0616 e. The third-order valence-electron chi connectivity index (χ3n) is 11.5. The molecule has 12 aromatic carbocycles. The molecule has 228 valence electrons. The molecule has 12 rings (SSSR count). The molecule has 0 nitrogen and oxygen atoms in total.